The van der Waals surface area contributed by atoms with E-state index < -0.39 is 11.6 Å². The standard InChI is InChI=1S/C31H36N4O5S/c1-31(2,3)40-26(37)11-7-8-17-35-18-16-24-25(19-35)41-29(27(24)32-20-36)34-30(39)33-23-14-12-22(13-15-23)28(38)21-9-5-4-6-10-21/h4-6,9-10,12-15,20H,7-8,11,16-19H2,1-3H3,(H,32,36)(H2,33,34,39). The van der Waals surface area contributed by atoms with Crippen LogP contribution in [-0.2, 0) is 27.3 Å². The van der Waals surface area contributed by atoms with Crippen molar-refractivity contribution in [1.82, 2.24) is 4.90 Å². The van der Waals surface area contributed by atoms with Gasteiger partial charge in [0.15, 0.2) is 5.78 Å². The fourth-order valence-electron chi connectivity index (χ4n) is 4.67. The van der Waals surface area contributed by atoms with Crippen LogP contribution in [0.15, 0.2) is 54.6 Å². The number of ether oxygens (including phenoxy) is 1. The Kier molecular flexibility index (Phi) is 9.91. The Morgan fingerprint density at radius 3 is 2.37 bits per heavy atom. The summed E-state index contributed by atoms with van der Waals surface area (Å²) in [5.41, 5.74) is 2.86. The molecule has 1 aromatic heterocycles. The highest BCUT2D eigenvalue weighted by Gasteiger charge is 2.25. The first-order valence-electron chi connectivity index (χ1n) is 13.7. The van der Waals surface area contributed by atoms with Gasteiger partial charge in [-0.25, -0.2) is 4.79 Å². The van der Waals surface area contributed by atoms with E-state index in [1.54, 1.807) is 36.4 Å². The summed E-state index contributed by atoms with van der Waals surface area (Å²) in [6.45, 7) is 7.98. The average Bonchev–Trinajstić information content (AvgIpc) is 3.26. The smallest absolute Gasteiger partial charge is 0.324 e. The van der Waals surface area contributed by atoms with Crippen LogP contribution in [0, 0.1) is 0 Å². The molecule has 3 aromatic rings. The quantitative estimate of drug-likeness (QED) is 0.111. The van der Waals surface area contributed by atoms with Gasteiger partial charge < -0.3 is 15.4 Å². The first-order valence-corrected chi connectivity index (χ1v) is 14.5. The number of urea groups is 1. The van der Waals surface area contributed by atoms with Gasteiger partial charge in [-0.3, -0.25) is 24.6 Å². The van der Waals surface area contributed by atoms with Gasteiger partial charge in [-0.05, 0) is 76.4 Å². The monoisotopic (exact) mass is 576 g/mol. The molecule has 216 valence electrons. The van der Waals surface area contributed by atoms with Gasteiger partial charge in [-0.2, -0.15) is 0 Å². The Morgan fingerprint density at radius 2 is 1.68 bits per heavy atom. The van der Waals surface area contributed by atoms with Crippen molar-refractivity contribution in [3.8, 4) is 0 Å². The fraction of sp³-hybridized carbons (Fsp3) is 0.355. The molecule has 0 fully saturated rings. The minimum absolute atomic E-state index is 0.0903. The van der Waals surface area contributed by atoms with Gasteiger partial charge in [-0.15, -0.1) is 11.3 Å². The molecular formula is C31H36N4O5S. The molecule has 0 spiro atoms. The molecule has 9 nitrogen and oxygen atoms in total. The van der Waals surface area contributed by atoms with Crippen LogP contribution < -0.4 is 16.0 Å². The third kappa shape index (κ3) is 8.48. The van der Waals surface area contributed by atoms with Crippen LogP contribution in [0.1, 0.15) is 66.4 Å². The van der Waals surface area contributed by atoms with Crippen LogP contribution in [0.3, 0.4) is 0 Å². The Labute approximate surface area is 244 Å². The second-order valence-electron chi connectivity index (χ2n) is 10.9. The number of hydrogen-bond donors (Lipinski definition) is 3. The fourth-order valence-corrected chi connectivity index (χ4v) is 5.92. The lowest BCUT2D eigenvalue weighted by Gasteiger charge is -2.27. The molecule has 0 radical (unpaired) electrons. The molecular weight excluding hydrogens is 540 g/mol. The second kappa shape index (κ2) is 13.6. The summed E-state index contributed by atoms with van der Waals surface area (Å²) in [4.78, 5) is 52.2. The number of carbonyl (C=O) groups is 4. The predicted molar refractivity (Wildman–Crippen MR) is 162 cm³/mol. The highest BCUT2D eigenvalue weighted by Crippen LogP contribution is 2.41. The Morgan fingerprint density at radius 1 is 0.976 bits per heavy atom. The number of thiophene rings is 1. The van der Waals surface area contributed by atoms with E-state index >= 15 is 0 Å². The van der Waals surface area contributed by atoms with Gasteiger partial charge in [0.25, 0.3) is 0 Å². The normalized spacial score (nSPS) is 13.1. The van der Waals surface area contributed by atoms with Crippen LogP contribution >= 0.6 is 11.3 Å². The van der Waals surface area contributed by atoms with E-state index in [9.17, 15) is 19.2 Å². The molecule has 1 aliphatic rings. The molecule has 0 bridgehead atoms. The third-order valence-corrected chi connectivity index (χ3v) is 7.66. The third-order valence-electron chi connectivity index (χ3n) is 6.53. The van der Waals surface area contributed by atoms with E-state index in [1.165, 1.54) is 11.3 Å². The Balaban J connectivity index is 1.32. The molecule has 0 saturated carbocycles. The molecule has 0 aliphatic carbocycles. The second-order valence-corrected chi connectivity index (χ2v) is 12.0. The highest BCUT2D eigenvalue weighted by atomic mass is 32.1. The molecule has 3 N–H and O–H groups in total. The van der Waals surface area contributed by atoms with Crippen molar-refractivity contribution in [2.24, 2.45) is 0 Å². The number of rotatable bonds is 11. The van der Waals surface area contributed by atoms with Crippen molar-refractivity contribution in [3.05, 3.63) is 76.2 Å². The number of ketones is 1. The molecule has 0 unspecified atom stereocenters. The van der Waals surface area contributed by atoms with Crippen molar-refractivity contribution >= 4 is 51.9 Å². The minimum atomic E-state index is -0.469. The van der Waals surface area contributed by atoms with Gasteiger partial charge in [-0.1, -0.05) is 30.3 Å². The van der Waals surface area contributed by atoms with Gasteiger partial charge in [0.1, 0.15) is 10.6 Å². The van der Waals surface area contributed by atoms with Crippen molar-refractivity contribution < 1.29 is 23.9 Å². The average molecular weight is 577 g/mol. The molecule has 0 atom stereocenters. The molecule has 3 amide bonds. The topological polar surface area (TPSA) is 117 Å². The van der Waals surface area contributed by atoms with Gasteiger partial charge in [0.2, 0.25) is 6.41 Å². The predicted octanol–water partition coefficient (Wildman–Crippen LogP) is 6.06. The summed E-state index contributed by atoms with van der Waals surface area (Å²) < 4.78 is 5.38. The zero-order chi connectivity index (χ0) is 29.4. The van der Waals surface area contributed by atoms with Gasteiger partial charge >= 0.3 is 12.0 Å². The zero-order valence-electron chi connectivity index (χ0n) is 23.6. The van der Waals surface area contributed by atoms with Crippen LogP contribution in [0.25, 0.3) is 0 Å². The number of carbonyl (C=O) groups excluding carboxylic acids is 4. The molecule has 2 heterocycles. The number of hydrogen-bond acceptors (Lipinski definition) is 7. The first kappa shape index (κ1) is 30.0. The molecule has 10 heteroatoms. The van der Waals surface area contributed by atoms with Crippen LogP contribution in [-0.4, -0.2) is 47.8 Å². The van der Waals surface area contributed by atoms with Crippen LogP contribution in [0.4, 0.5) is 21.2 Å². The molecule has 0 saturated heterocycles. The lowest BCUT2D eigenvalue weighted by molar-refractivity contribution is -0.154. The van der Waals surface area contributed by atoms with Gasteiger partial charge in [0, 0.05) is 41.2 Å². The molecule has 1 aliphatic heterocycles. The van der Waals surface area contributed by atoms with E-state index in [2.05, 4.69) is 20.9 Å². The number of anilines is 3. The molecule has 4 rings (SSSR count). The maximum atomic E-state index is 12.8. The summed E-state index contributed by atoms with van der Waals surface area (Å²) in [5, 5.41) is 9.00. The lowest BCUT2D eigenvalue weighted by atomic mass is 10.0. The summed E-state index contributed by atoms with van der Waals surface area (Å²) in [6, 6.07) is 15.3. The number of fused-ring (bicyclic) bond motifs is 1. The first-order chi connectivity index (χ1) is 19.6. The summed E-state index contributed by atoms with van der Waals surface area (Å²) >= 11 is 1.45. The van der Waals surface area contributed by atoms with Crippen LogP contribution in [0.5, 0.6) is 0 Å². The summed E-state index contributed by atoms with van der Waals surface area (Å²) in [5.74, 6) is -0.265. The van der Waals surface area contributed by atoms with E-state index in [0.717, 1.165) is 42.8 Å². The maximum Gasteiger partial charge on any atom is 0.324 e. The maximum absolute atomic E-state index is 12.8. The molecule has 41 heavy (non-hydrogen) atoms. The largest absolute Gasteiger partial charge is 0.460 e. The number of benzene rings is 2. The number of amides is 3. The Hall–Kier alpha value is -4.02. The van der Waals surface area contributed by atoms with E-state index in [1.807, 2.05) is 39.0 Å². The minimum Gasteiger partial charge on any atom is -0.460 e. The summed E-state index contributed by atoms with van der Waals surface area (Å²) in [7, 11) is 0. The van der Waals surface area contributed by atoms with Crippen molar-refractivity contribution in [2.45, 2.75) is 58.6 Å². The number of unbranched alkanes of at least 4 members (excludes halogenated alkanes) is 1. The van der Waals surface area contributed by atoms with Crippen molar-refractivity contribution in [3.63, 3.8) is 0 Å². The van der Waals surface area contributed by atoms with Crippen molar-refractivity contribution in [1.29, 1.82) is 0 Å². The van der Waals surface area contributed by atoms with E-state index in [4.69, 9.17) is 4.74 Å². The van der Waals surface area contributed by atoms with Gasteiger partial charge in [0.05, 0.1) is 5.69 Å². The SMILES string of the molecule is CC(C)(C)OC(=O)CCCCN1CCc2c(sc(NC(=O)Nc3ccc(C(=O)c4ccccc4)cc3)c2NC=O)C1. The van der Waals surface area contributed by atoms with E-state index in [0.29, 0.717) is 46.9 Å². The summed E-state index contributed by atoms with van der Waals surface area (Å²) in [6.07, 6.45) is 3.40. The lowest BCUT2D eigenvalue weighted by Crippen LogP contribution is -2.31. The molecule has 2 aromatic carbocycles. The van der Waals surface area contributed by atoms with Crippen molar-refractivity contribution in [2.75, 3.05) is 29.0 Å². The number of nitrogens with zero attached hydrogens (tertiary/aromatic N) is 1. The Bertz CT molecular complexity index is 1380. The number of esters is 1. The highest BCUT2D eigenvalue weighted by molar-refractivity contribution is 7.17. The zero-order valence-corrected chi connectivity index (χ0v) is 24.4. The van der Waals surface area contributed by atoms with Crippen LogP contribution in [0.2, 0.25) is 0 Å². The van der Waals surface area contributed by atoms with E-state index in [-0.39, 0.29) is 11.8 Å². The number of nitrogens with one attached hydrogen (secondary N) is 3.